The molecule has 1 saturated carbocycles. The van der Waals surface area contributed by atoms with E-state index in [1.807, 2.05) is 0 Å². The van der Waals surface area contributed by atoms with Gasteiger partial charge < -0.3 is 5.73 Å². The maximum Gasteiger partial charge on any atom is 0.0141 e. The topological polar surface area (TPSA) is 29.3 Å². The molecule has 20 heavy (non-hydrogen) atoms. The van der Waals surface area contributed by atoms with Crippen molar-refractivity contribution in [1.82, 2.24) is 4.90 Å². The van der Waals surface area contributed by atoms with Crippen LogP contribution < -0.4 is 5.73 Å². The predicted octanol–water partition coefficient (Wildman–Crippen LogP) is 3.90. The van der Waals surface area contributed by atoms with Gasteiger partial charge in [0.05, 0.1) is 0 Å². The van der Waals surface area contributed by atoms with Crippen LogP contribution in [0.25, 0.3) is 0 Å². The molecule has 0 aromatic heterocycles. The molecule has 2 heteroatoms. The molecule has 2 rings (SSSR count). The smallest absolute Gasteiger partial charge is 0.0141 e. The van der Waals surface area contributed by atoms with Crippen molar-refractivity contribution >= 4 is 0 Å². The first-order chi connectivity index (χ1) is 9.32. The Morgan fingerprint density at radius 3 is 2.30 bits per heavy atom. The van der Waals surface area contributed by atoms with Gasteiger partial charge in [-0.1, -0.05) is 27.7 Å². The minimum atomic E-state index is 0.449. The van der Waals surface area contributed by atoms with Gasteiger partial charge in [0.25, 0.3) is 0 Å². The van der Waals surface area contributed by atoms with Gasteiger partial charge in [0, 0.05) is 12.1 Å². The lowest BCUT2D eigenvalue weighted by Gasteiger charge is -2.50. The SMILES string of the molecule is CC1CCN(C2CC(C(C)(C)C)CCC2CN)C(C)C1. The number of piperidine rings is 1. The fourth-order valence-electron chi connectivity index (χ4n) is 4.60. The third kappa shape index (κ3) is 3.57. The average molecular weight is 280 g/mol. The number of rotatable bonds is 2. The summed E-state index contributed by atoms with van der Waals surface area (Å²) in [4.78, 5) is 2.81. The second kappa shape index (κ2) is 6.36. The predicted molar refractivity (Wildman–Crippen MR) is 87.7 cm³/mol. The Bertz CT molecular complexity index is 307. The van der Waals surface area contributed by atoms with Crippen molar-refractivity contribution < 1.29 is 0 Å². The first kappa shape index (κ1) is 16.3. The van der Waals surface area contributed by atoms with Crippen molar-refractivity contribution in [3.63, 3.8) is 0 Å². The number of hydrogen-bond donors (Lipinski definition) is 1. The van der Waals surface area contributed by atoms with E-state index in [9.17, 15) is 0 Å². The van der Waals surface area contributed by atoms with Crippen LogP contribution in [0.4, 0.5) is 0 Å². The van der Waals surface area contributed by atoms with Gasteiger partial charge in [-0.3, -0.25) is 4.90 Å². The highest BCUT2D eigenvalue weighted by atomic mass is 15.2. The molecule has 2 aliphatic rings. The van der Waals surface area contributed by atoms with Gasteiger partial charge in [0.2, 0.25) is 0 Å². The molecular weight excluding hydrogens is 244 g/mol. The highest BCUT2D eigenvalue weighted by molar-refractivity contribution is 4.94. The van der Waals surface area contributed by atoms with Crippen LogP contribution in [0.15, 0.2) is 0 Å². The molecule has 1 heterocycles. The van der Waals surface area contributed by atoms with Crippen molar-refractivity contribution in [2.75, 3.05) is 13.1 Å². The van der Waals surface area contributed by atoms with Gasteiger partial charge in [-0.15, -0.1) is 0 Å². The lowest BCUT2D eigenvalue weighted by molar-refractivity contribution is 0.0000651. The lowest BCUT2D eigenvalue weighted by atomic mass is 9.67. The van der Waals surface area contributed by atoms with E-state index in [1.54, 1.807) is 0 Å². The normalized spacial score (nSPS) is 40.8. The van der Waals surface area contributed by atoms with Crippen LogP contribution in [0.1, 0.15) is 66.7 Å². The Hall–Kier alpha value is -0.0800. The fourth-order valence-corrected chi connectivity index (χ4v) is 4.60. The monoisotopic (exact) mass is 280 g/mol. The Kier molecular flexibility index (Phi) is 5.18. The third-order valence-electron chi connectivity index (χ3n) is 6.10. The van der Waals surface area contributed by atoms with E-state index in [1.165, 1.54) is 38.6 Å². The Balaban J connectivity index is 2.09. The Morgan fingerprint density at radius 1 is 1.05 bits per heavy atom. The molecule has 0 aromatic rings. The summed E-state index contributed by atoms with van der Waals surface area (Å²) in [6.45, 7) is 14.3. The molecule has 1 aliphatic heterocycles. The highest BCUT2D eigenvalue weighted by Crippen LogP contribution is 2.42. The van der Waals surface area contributed by atoms with Crippen LogP contribution in [0, 0.1) is 23.2 Å². The van der Waals surface area contributed by atoms with Crippen LogP contribution in [-0.4, -0.2) is 30.1 Å². The molecule has 1 aliphatic carbocycles. The van der Waals surface area contributed by atoms with Crippen LogP contribution in [0.2, 0.25) is 0 Å². The third-order valence-corrected chi connectivity index (χ3v) is 6.10. The highest BCUT2D eigenvalue weighted by Gasteiger charge is 2.40. The second-order valence-electron chi connectivity index (χ2n) is 8.66. The molecule has 0 amide bonds. The molecule has 5 atom stereocenters. The summed E-state index contributed by atoms with van der Waals surface area (Å²) < 4.78 is 0. The number of nitrogens with zero attached hydrogens (tertiary/aromatic N) is 1. The van der Waals surface area contributed by atoms with Gasteiger partial charge in [-0.25, -0.2) is 0 Å². The van der Waals surface area contributed by atoms with E-state index in [0.717, 1.165) is 36.4 Å². The molecule has 0 bridgehead atoms. The van der Waals surface area contributed by atoms with E-state index in [2.05, 4.69) is 39.5 Å². The van der Waals surface area contributed by atoms with Gasteiger partial charge >= 0.3 is 0 Å². The summed E-state index contributed by atoms with van der Waals surface area (Å²) in [7, 11) is 0. The van der Waals surface area contributed by atoms with Crippen molar-refractivity contribution in [3.05, 3.63) is 0 Å². The largest absolute Gasteiger partial charge is 0.330 e. The number of likely N-dealkylation sites (tertiary alicyclic amines) is 1. The van der Waals surface area contributed by atoms with E-state index >= 15 is 0 Å². The average Bonchev–Trinajstić information content (AvgIpc) is 2.37. The zero-order valence-electron chi connectivity index (χ0n) is 14.4. The number of hydrogen-bond acceptors (Lipinski definition) is 2. The van der Waals surface area contributed by atoms with Crippen LogP contribution in [0.5, 0.6) is 0 Å². The van der Waals surface area contributed by atoms with Crippen LogP contribution in [0.3, 0.4) is 0 Å². The maximum atomic E-state index is 6.10. The second-order valence-corrected chi connectivity index (χ2v) is 8.66. The van der Waals surface area contributed by atoms with Gasteiger partial charge in [-0.05, 0) is 75.3 Å². The summed E-state index contributed by atoms with van der Waals surface area (Å²) in [5.41, 5.74) is 6.55. The standard InChI is InChI=1S/C18H36N2/c1-13-8-9-20(14(2)10-13)17-11-16(18(3,4)5)7-6-15(17)12-19/h13-17H,6-12,19H2,1-5H3. The zero-order valence-corrected chi connectivity index (χ0v) is 14.4. The Labute approximate surface area is 126 Å². The summed E-state index contributed by atoms with van der Waals surface area (Å²) in [5, 5.41) is 0. The molecular formula is C18H36N2. The molecule has 1 saturated heterocycles. The van der Waals surface area contributed by atoms with Crippen LogP contribution >= 0.6 is 0 Å². The van der Waals surface area contributed by atoms with Crippen molar-refractivity contribution in [2.45, 2.75) is 78.8 Å². The van der Waals surface area contributed by atoms with E-state index < -0.39 is 0 Å². The van der Waals surface area contributed by atoms with Crippen molar-refractivity contribution in [3.8, 4) is 0 Å². The summed E-state index contributed by atoms with van der Waals surface area (Å²) in [5.74, 6) is 2.49. The minimum Gasteiger partial charge on any atom is -0.330 e. The molecule has 0 radical (unpaired) electrons. The van der Waals surface area contributed by atoms with E-state index in [-0.39, 0.29) is 0 Å². The quantitative estimate of drug-likeness (QED) is 0.831. The van der Waals surface area contributed by atoms with Crippen molar-refractivity contribution in [2.24, 2.45) is 28.9 Å². The zero-order chi connectivity index (χ0) is 14.9. The van der Waals surface area contributed by atoms with E-state index in [0.29, 0.717) is 5.41 Å². The molecule has 5 unspecified atom stereocenters. The van der Waals surface area contributed by atoms with Crippen LogP contribution in [-0.2, 0) is 0 Å². The first-order valence-corrected chi connectivity index (χ1v) is 8.78. The molecule has 0 spiro atoms. The molecule has 2 N–H and O–H groups in total. The number of nitrogens with two attached hydrogens (primary N) is 1. The van der Waals surface area contributed by atoms with Gasteiger partial charge in [0.1, 0.15) is 0 Å². The Morgan fingerprint density at radius 2 is 1.75 bits per heavy atom. The van der Waals surface area contributed by atoms with Gasteiger partial charge in [0.15, 0.2) is 0 Å². The molecule has 2 fully saturated rings. The first-order valence-electron chi connectivity index (χ1n) is 8.78. The molecule has 118 valence electrons. The maximum absolute atomic E-state index is 6.10. The van der Waals surface area contributed by atoms with E-state index in [4.69, 9.17) is 5.73 Å². The molecule has 0 aromatic carbocycles. The summed E-state index contributed by atoms with van der Waals surface area (Å²) in [6, 6.07) is 1.48. The minimum absolute atomic E-state index is 0.449. The fraction of sp³-hybridized carbons (Fsp3) is 1.00. The van der Waals surface area contributed by atoms with Crippen molar-refractivity contribution in [1.29, 1.82) is 0 Å². The summed E-state index contributed by atoms with van der Waals surface area (Å²) in [6.07, 6.45) is 6.82. The van der Waals surface area contributed by atoms with Gasteiger partial charge in [-0.2, -0.15) is 0 Å². The lowest BCUT2D eigenvalue weighted by Crippen LogP contribution is -2.54. The summed E-state index contributed by atoms with van der Waals surface area (Å²) >= 11 is 0. The molecule has 2 nitrogen and oxygen atoms in total.